The fourth-order valence-electron chi connectivity index (χ4n) is 21.0. The number of carbonyl (C=O) groups is 4. The number of phenolic OH excluding ortho intramolecular Hbond substituents is 4. The van der Waals surface area contributed by atoms with Crippen LogP contribution in [0.4, 0.5) is 22.7 Å². The first-order chi connectivity index (χ1) is 69.5. The number of aromatic amines is 4. The van der Waals surface area contributed by atoms with Gasteiger partial charge in [-0.05, 0) is 224 Å². The van der Waals surface area contributed by atoms with Crippen LogP contribution in [0.25, 0.3) is 86.7 Å². The normalized spacial score (nSPS) is 17.7. The first-order valence-electron chi connectivity index (χ1n) is 49.2. The Morgan fingerprint density at radius 2 is 0.694 bits per heavy atom. The van der Waals surface area contributed by atoms with Crippen LogP contribution in [0, 0.1) is 5.92 Å². The molecule has 22 rings (SSSR count). The van der Waals surface area contributed by atoms with Crippen molar-refractivity contribution in [2.24, 2.45) is 5.92 Å². The van der Waals surface area contributed by atoms with Gasteiger partial charge in [-0.2, -0.15) is 0 Å². The number of anilines is 4. The number of likely N-dealkylation sites (tertiary alicyclic amines) is 1. The summed E-state index contributed by atoms with van der Waals surface area (Å²) >= 11 is 26.4. The van der Waals surface area contributed by atoms with Crippen LogP contribution in [0.15, 0.2) is 212 Å². The van der Waals surface area contributed by atoms with E-state index in [9.17, 15) is 39.6 Å². The van der Waals surface area contributed by atoms with Gasteiger partial charge in [0.25, 0.3) is 23.6 Å². The number of methoxy groups -OCH3 is 1. The highest BCUT2D eigenvalue weighted by Gasteiger charge is 2.44. The van der Waals surface area contributed by atoms with Gasteiger partial charge >= 0.3 is 0 Å². The molecule has 6 aliphatic heterocycles. The average Bonchev–Trinajstić information content (AvgIpc) is 1.59. The smallest absolute Gasteiger partial charge is 0.274 e. The minimum Gasteiger partial charge on any atom is -0.507 e. The Bertz CT molecular complexity index is 7510. The summed E-state index contributed by atoms with van der Waals surface area (Å²) in [5.74, 6) is 4.01. The fourth-order valence-corrected chi connectivity index (χ4v) is 21.8. The highest BCUT2D eigenvalue weighted by atomic mass is 35.5. The quantitative estimate of drug-likeness (QED) is 0.0261. The van der Waals surface area contributed by atoms with E-state index in [0.717, 1.165) is 210 Å². The number of fused-ring (bicyclic) bond motifs is 16. The van der Waals surface area contributed by atoms with Crippen LogP contribution in [-0.4, -0.2) is 259 Å². The third-order valence-corrected chi connectivity index (χ3v) is 30.1. The van der Waals surface area contributed by atoms with Crippen LogP contribution >= 0.6 is 46.4 Å². The topological polar surface area (TPSA) is 294 Å². The molecule has 6 aliphatic rings. The number of aromatic hydroxyl groups is 4. The van der Waals surface area contributed by atoms with Crippen LogP contribution in [-0.2, 0) is 4.74 Å². The van der Waals surface area contributed by atoms with Crippen molar-refractivity contribution in [3.05, 3.63) is 257 Å². The number of amides is 4. The zero-order valence-electron chi connectivity index (χ0n) is 82.3. The highest BCUT2D eigenvalue weighted by molar-refractivity contribution is 6.24. The monoisotopic (exact) mass is 2020 g/mol. The summed E-state index contributed by atoms with van der Waals surface area (Å²) in [6, 6.07) is 66.3. The molecule has 4 aromatic heterocycles. The van der Waals surface area contributed by atoms with Crippen molar-refractivity contribution < 1.29 is 68.0 Å². The number of nitrogens with zero attached hydrogens (tertiary/aromatic N) is 8. The van der Waals surface area contributed by atoms with E-state index in [1.165, 1.54) is 0 Å². The Morgan fingerprint density at radius 1 is 0.382 bits per heavy atom. The maximum Gasteiger partial charge on any atom is 0.274 e. The second kappa shape index (κ2) is 42.7. The molecule has 0 radical (unpaired) electrons. The average molecular weight is 2020 g/mol. The predicted molar refractivity (Wildman–Crippen MR) is 578 cm³/mol. The molecule has 12 aromatic carbocycles. The van der Waals surface area contributed by atoms with Crippen LogP contribution in [0.3, 0.4) is 0 Å². The van der Waals surface area contributed by atoms with Crippen molar-refractivity contribution in [1.82, 2.24) is 39.5 Å². The Morgan fingerprint density at radius 3 is 1.03 bits per heavy atom. The van der Waals surface area contributed by atoms with Crippen molar-refractivity contribution in [2.45, 2.75) is 85.7 Å². The van der Waals surface area contributed by atoms with Gasteiger partial charge in [0.1, 0.15) is 82.8 Å². The summed E-state index contributed by atoms with van der Waals surface area (Å²) in [6.45, 7) is 20.1. The van der Waals surface area contributed by atoms with Gasteiger partial charge in [-0.15, -0.1) is 46.4 Å². The van der Waals surface area contributed by atoms with Gasteiger partial charge in [-0.25, -0.2) is 0 Å². The van der Waals surface area contributed by atoms with Crippen molar-refractivity contribution in [3.8, 4) is 51.7 Å². The van der Waals surface area contributed by atoms with Gasteiger partial charge in [0.2, 0.25) is 0 Å². The molecule has 0 saturated carbocycles. The molecule has 8 N–H and O–H groups in total. The summed E-state index contributed by atoms with van der Waals surface area (Å²) in [7, 11) is 11.7. The van der Waals surface area contributed by atoms with E-state index >= 15 is 0 Å². The Kier molecular flexibility index (Phi) is 29.5. The molecule has 10 heterocycles. The lowest BCUT2D eigenvalue weighted by atomic mass is 9.92. The molecule has 2 fully saturated rings. The Hall–Kier alpha value is -13.1. The summed E-state index contributed by atoms with van der Waals surface area (Å²) in [5, 5.41) is 52.6. The molecule has 2 saturated heterocycles. The van der Waals surface area contributed by atoms with Crippen molar-refractivity contribution in [2.75, 3.05) is 174 Å². The number of piperidine rings is 1. The Balaban J connectivity index is 0.000000122. The first kappa shape index (κ1) is 99.6. The molecule has 0 aliphatic carbocycles. The van der Waals surface area contributed by atoms with Gasteiger partial charge < -0.3 is 103 Å². The Labute approximate surface area is 855 Å². The van der Waals surface area contributed by atoms with Gasteiger partial charge in [0.05, 0.1) is 49.7 Å². The van der Waals surface area contributed by atoms with E-state index in [2.05, 4.69) is 41.7 Å². The van der Waals surface area contributed by atoms with Crippen molar-refractivity contribution in [1.29, 1.82) is 0 Å². The number of hydrogen-bond acceptors (Lipinski definition) is 18. The molecule has 4 amide bonds. The molecule has 30 heteroatoms. The molecule has 0 bridgehead atoms. The third-order valence-electron chi connectivity index (χ3n) is 28.8. The van der Waals surface area contributed by atoms with Crippen LogP contribution in [0.5, 0.6) is 51.7 Å². The number of ether oxygens (including phenoxy) is 6. The number of likely N-dealkylation sites (N-methyl/N-ethyl adjacent to an activating group) is 2. The molecular formula is C114H120Cl4N12O14. The van der Waals surface area contributed by atoms with Crippen LogP contribution in [0.1, 0.15) is 128 Å². The summed E-state index contributed by atoms with van der Waals surface area (Å²) in [6.07, 6.45) is 2.32. The fraction of sp³-hybridized carbons (Fsp3) is 0.333. The minimum atomic E-state index is -0.191. The number of rotatable bonds is 24. The van der Waals surface area contributed by atoms with Crippen LogP contribution in [0.2, 0.25) is 0 Å². The molecule has 16 aromatic rings. The molecular weight excluding hydrogens is 1900 g/mol. The lowest BCUT2D eigenvalue weighted by molar-refractivity contribution is 0.0322. The number of alkyl halides is 4. The van der Waals surface area contributed by atoms with Gasteiger partial charge in [-0.1, -0.05) is 97.1 Å². The van der Waals surface area contributed by atoms with Gasteiger partial charge in [0.15, 0.2) is 11.5 Å². The van der Waals surface area contributed by atoms with Gasteiger partial charge in [0, 0.05) is 200 Å². The summed E-state index contributed by atoms with van der Waals surface area (Å²) < 4.78 is 34.8. The number of benzene rings is 12. The molecule has 144 heavy (non-hydrogen) atoms. The van der Waals surface area contributed by atoms with E-state index in [-0.39, 0.29) is 91.8 Å². The first-order valence-corrected chi connectivity index (χ1v) is 50.9. The molecule has 0 unspecified atom stereocenters. The predicted octanol–water partition coefficient (Wildman–Crippen LogP) is 21.9. The largest absolute Gasteiger partial charge is 0.507 e. The van der Waals surface area contributed by atoms with Gasteiger partial charge in [-0.3, -0.25) is 24.1 Å². The number of phenols is 4. The zero-order valence-corrected chi connectivity index (χ0v) is 85.3. The minimum absolute atomic E-state index is 0.0323. The lowest BCUT2D eigenvalue weighted by Crippen LogP contribution is -2.38. The number of nitrogens with one attached hydrogen (secondary N) is 4. The van der Waals surface area contributed by atoms with Crippen molar-refractivity contribution >= 4 is 179 Å². The maximum atomic E-state index is 13.8. The van der Waals surface area contributed by atoms with E-state index < -0.39 is 0 Å². The summed E-state index contributed by atoms with van der Waals surface area (Å²) in [5.41, 5.74) is 12.2. The number of hydrogen-bond donors (Lipinski definition) is 8. The number of carbonyl (C=O) groups excluding carboxylic acids is 4. The van der Waals surface area contributed by atoms with E-state index in [1.54, 1.807) is 51.0 Å². The zero-order chi connectivity index (χ0) is 101. The van der Waals surface area contributed by atoms with E-state index in [4.69, 9.17) is 74.8 Å². The van der Waals surface area contributed by atoms with E-state index in [0.29, 0.717) is 103 Å². The SMILES string of the molecule is COc1cc2[nH]c(C(=O)N3C[C@@H]([C@@H](C)Cl)c4c3cc(O)c3ccccc43)cc2cc1OCCN(C)C.C[C@@H](Cl)[C@@H]1CN(C(=O)c2cc3cc(OCC4CCN(C)CC4)ccc3[nH]2)c2cc(O)c3ccccc3c21.C[C@@H](Cl)[C@@H]1CN(C(=O)c2cc3cc(OCCN(C)C)ccc3[nH]2)c2cc(O)c3ccccc3c21.C[C@@H](Cl)[C@@H]1CN(C(=O)c2cc3cc(OCCN4CCOCC4)ccc3[nH]2)c2cc(O)c3ccccc3c21. The maximum absolute atomic E-state index is 13.8. The molecule has 748 valence electrons. The number of aromatic nitrogens is 4. The summed E-state index contributed by atoms with van der Waals surface area (Å²) in [4.78, 5) is 83.7. The van der Waals surface area contributed by atoms with Crippen molar-refractivity contribution in [3.63, 3.8) is 0 Å². The number of halogens is 4. The molecule has 8 atom stereocenters. The second-order valence-corrected chi connectivity index (χ2v) is 41.8. The number of H-pyrrole nitrogens is 4. The number of morpholine rings is 1. The highest BCUT2D eigenvalue weighted by Crippen LogP contribution is 2.53. The standard InChI is InChI=1S/C30H32ClN3O3.C29H30ClN3O4.C28H30ClN3O4.C27H28ClN3O3/c1-18(31)24-16-34(27-15-28(35)22-5-3-4-6-23(22)29(24)27)30(36)26-14-20-13-21(7-8-25(20)32-26)37-17-19-9-11-33(2)12-10-19;1-18(30)23-17-33(26-16-27(34)21-4-2-3-5-22(21)28(23)26)29(35)25-15-19-14-20(6-7-24(19)31-25)37-13-10-32-8-11-36-12-9-32;1-16(29)20-15-32(23-14-24(33)18-7-5-6-8-19(18)27(20)23)28(34)22-11-17-12-26(36-10-9-31(2)3)25(35-4)13-21(17)30-22;1-16(28)21-15-31(24-14-25(32)19-6-4-5-7-20(19)26(21)24)27(33)23-13-17-12-18(8-9-22(17)29-23)34-11-10-30(2)3/h3-8,13-15,18-19,24,32,35H,9-12,16-17H2,1-2H3;2-7,14-16,18,23,31,34H,8-13,17H2,1H3;5-8,11-14,16,20,30,33H,9-10,15H2,1-4H3;4-9,12-14,16,21,29,32H,10-11,15H2,1-3H3/t18-,24+;18-,23+;16-,20+;16-,21+/m1111/s1. The lowest BCUT2D eigenvalue weighted by Gasteiger charge is -2.28. The third kappa shape index (κ3) is 20.5. The second-order valence-electron chi connectivity index (χ2n) is 39.0. The van der Waals surface area contributed by atoms with Crippen LogP contribution < -0.4 is 43.3 Å². The molecule has 26 nitrogen and oxygen atoms in total. The molecule has 0 spiro atoms. The van der Waals surface area contributed by atoms with E-state index in [1.807, 2.05) is 249 Å².